The highest BCUT2D eigenvalue weighted by atomic mass is 19.4. The van der Waals surface area contributed by atoms with Crippen molar-refractivity contribution in [2.75, 3.05) is 32.1 Å². The van der Waals surface area contributed by atoms with Gasteiger partial charge in [-0.3, -0.25) is 19.7 Å². The minimum atomic E-state index is -4.61. The first kappa shape index (κ1) is 25.7. The number of halogens is 3. The zero-order chi connectivity index (χ0) is 26.4. The third kappa shape index (κ3) is 4.82. The Bertz CT molecular complexity index is 1190. The molecule has 2 aromatic rings. The Labute approximate surface area is 204 Å². The molecule has 2 heterocycles. The van der Waals surface area contributed by atoms with E-state index in [1.165, 1.54) is 18.2 Å². The lowest BCUT2D eigenvalue weighted by Gasteiger charge is -2.47. The number of alkyl halides is 3. The number of carbonyl (C=O) groups excluding carboxylic acids is 3. The quantitative estimate of drug-likeness (QED) is 0.367. The van der Waals surface area contributed by atoms with Crippen molar-refractivity contribution in [2.24, 2.45) is 5.41 Å². The molecule has 4 rings (SSSR count). The summed E-state index contributed by atoms with van der Waals surface area (Å²) in [5.74, 6) is -1.82. The smallest absolute Gasteiger partial charge is 0.406 e. The number of furan rings is 1. The molecule has 3 N–H and O–H groups in total. The number of nitrogens with one attached hydrogen (secondary N) is 2. The molecule has 1 saturated carbocycles. The molecule has 1 saturated heterocycles. The van der Waals surface area contributed by atoms with Gasteiger partial charge in [0, 0.05) is 12.5 Å². The van der Waals surface area contributed by atoms with Crippen molar-refractivity contribution in [1.82, 2.24) is 10.2 Å². The van der Waals surface area contributed by atoms with E-state index >= 15 is 0 Å². The Balaban J connectivity index is 1.54. The van der Waals surface area contributed by atoms with E-state index in [2.05, 4.69) is 10.6 Å². The minimum Gasteiger partial charge on any atom is -0.505 e. The minimum absolute atomic E-state index is 0.0671. The average Bonchev–Trinajstić information content (AvgIpc) is 3.21. The van der Waals surface area contributed by atoms with Gasteiger partial charge < -0.3 is 24.5 Å². The topological polar surface area (TPSA) is 121 Å². The number of hydrogen-bond donors (Lipinski definition) is 3. The van der Waals surface area contributed by atoms with Gasteiger partial charge in [-0.2, -0.15) is 13.2 Å². The molecule has 2 fully saturated rings. The van der Waals surface area contributed by atoms with Crippen LogP contribution in [0, 0.1) is 12.3 Å². The van der Waals surface area contributed by atoms with Crippen LogP contribution >= 0.6 is 0 Å². The van der Waals surface area contributed by atoms with Gasteiger partial charge in [0.2, 0.25) is 11.6 Å². The van der Waals surface area contributed by atoms with Crippen molar-refractivity contribution in [2.45, 2.75) is 38.1 Å². The summed E-state index contributed by atoms with van der Waals surface area (Å²) in [6.07, 6.45) is -4.61. The van der Waals surface area contributed by atoms with E-state index in [-0.39, 0.29) is 11.3 Å². The summed E-state index contributed by atoms with van der Waals surface area (Å²) in [5, 5.41) is 16.6. The number of anilines is 1. The molecule has 1 amide bonds. The van der Waals surface area contributed by atoms with Crippen molar-refractivity contribution in [3.8, 4) is 5.75 Å². The number of ether oxygens (including phenoxy) is 1. The molecule has 1 aliphatic heterocycles. The number of benzene rings is 1. The second-order valence-corrected chi connectivity index (χ2v) is 9.50. The molecule has 194 valence electrons. The molecule has 1 aliphatic carbocycles. The Hall–Kier alpha value is -3.38. The SMILES string of the molecule is Cc1ccc([C@H](NC2C(=O)C(=O)C2Nc2cccc(C(=O)N(C)CC(F)(F)F)c2O)C2(C)COC2)o1. The molecule has 3 atom stereocenters. The number of Topliss-reactive ketones (excluding diaryl/α,β-unsaturated/α-hetero) is 2. The molecule has 2 unspecified atom stereocenters. The lowest BCUT2D eigenvalue weighted by atomic mass is 9.76. The van der Waals surface area contributed by atoms with Crippen molar-refractivity contribution < 1.29 is 41.8 Å². The number of phenolic OH excluding ortho intramolecular Hbond substituents is 1. The van der Waals surface area contributed by atoms with Crippen LogP contribution < -0.4 is 10.6 Å². The summed E-state index contributed by atoms with van der Waals surface area (Å²) in [7, 11) is 0.963. The van der Waals surface area contributed by atoms with Crippen LogP contribution in [0.3, 0.4) is 0 Å². The van der Waals surface area contributed by atoms with E-state index < -0.39 is 59.5 Å². The van der Waals surface area contributed by atoms with Gasteiger partial charge in [-0.25, -0.2) is 0 Å². The molecule has 0 radical (unpaired) electrons. The first-order chi connectivity index (χ1) is 16.8. The Kier molecular flexibility index (Phi) is 6.60. The number of phenols is 1. The van der Waals surface area contributed by atoms with E-state index in [4.69, 9.17) is 9.15 Å². The van der Waals surface area contributed by atoms with E-state index in [1.54, 1.807) is 19.1 Å². The lowest BCUT2D eigenvalue weighted by Crippen LogP contribution is -2.69. The fourth-order valence-corrected chi connectivity index (χ4v) is 4.39. The molecule has 1 aromatic heterocycles. The number of para-hydroxylation sites is 1. The molecular weight excluding hydrogens is 483 g/mol. The maximum absolute atomic E-state index is 12.7. The maximum atomic E-state index is 12.7. The first-order valence-corrected chi connectivity index (χ1v) is 11.2. The largest absolute Gasteiger partial charge is 0.505 e. The van der Waals surface area contributed by atoms with E-state index in [0.29, 0.717) is 29.6 Å². The highest BCUT2D eigenvalue weighted by molar-refractivity contribution is 6.49. The number of nitrogens with zero attached hydrogens (tertiary/aromatic N) is 1. The summed E-state index contributed by atoms with van der Waals surface area (Å²) in [6, 6.07) is 4.94. The van der Waals surface area contributed by atoms with E-state index in [0.717, 1.165) is 7.05 Å². The first-order valence-electron chi connectivity index (χ1n) is 11.2. The van der Waals surface area contributed by atoms with Crippen molar-refractivity contribution in [3.63, 3.8) is 0 Å². The highest BCUT2D eigenvalue weighted by Gasteiger charge is 2.53. The average molecular weight is 509 g/mol. The molecular formula is C24H26F3N3O6. The Morgan fingerprint density at radius 2 is 1.86 bits per heavy atom. The summed E-state index contributed by atoms with van der Waals surface area (Å²) >= 11 is 0. The van der Waals surface area contributed by atoms with Crippen LogP contribution in [-0.4, -0.2) is 72.5 Å². The predicted octanol–water partition coefficient (Wildman–Crippen LogP) is 2.60. The second-order valence-electron chi connectivity index (χ2n) is 9.50. The lowest BCUT2D eigenvalue weighted by molar-refractivity contribution is -0.150. The van der Waals surface area contributed by atoms with Crippen LogP contribution in [0.15, 0.2) is 34.7 Å². The van der Waals surface area contributed by atoms with Crippen LogP contribution in [0.4, 0.5) is 18.9 Å². The summed E-state index contributed by atoms with van der Waals surface area (Å²) < 4.78 is 49.2. The number of aryl methyl sites for hydroxylation is 1. The Morgan fingerprint density at radius 1 is 1.19 bits per heavy atom. The van der Waals surface area contributed by atoms with Gasteiger partial charge in [-0.05, 0) is 31.2 Å². The predicted molar refractivity (Wildman–Crippen MR) is 121 cm³/mol. The van der Waals surface area contributed by atoms with Crippen LogP contribution in [0.1, 0.15) is 34.8 Å². The van der Waals surface area contributed by atoms with Gasteiger partial charge in [0.1, 0.15) is 30.1 Å². The Morgan fingerprint density at radius 3 is 2.42 bits per heavy atom. The number of amides is 1. The van der Waals surface area contributed by atoms with Gasteiger partial charge in [-0.15, -0.1) is 0 Å². The maximum Gasteiger partial charge on any atom is 0.406 e. The van der Waals surface area contributed by atoms with Crippen LogP contribution in [0.5, 0.6) is 5.75 Å². The zero-order valence-electron chi connectivity index (χ0n) is 19.8. The van der Waals surface area contributed by atoms with Gasteiger partial charge in [0.25, 0.3) is 5.91 Å². The monoisotopic (exact) mass is 509 g/mol. The van der Waals surface area contributed by atoms with Crippen molar-refractivity contribution >= 4 is 23.2 Å². The molecule has 2 aliphatic rings. The molecule has 1 aromatic carbocycles. The van der Waals surface area contributed by atoms with E-state index in [9.17, 15) is 32.7 Å². The van der Waals surface area contributed by atoms with Gasteiger partial charge in [0.05, 0.1) is 30.5 Å². The van der Waals surface area contributed by atoms with Gasteiger partial charge in [0.15, 0.2) is 5.75 Å². The molecule has 12 heteroatoms. The van der Waals surface area contributed by atoms with Gasteiger partial charge in [-0.1, -0.05) is 13.0 Å². The fraction of sp³-hybridized carbons (Fsp3) is 0.458. The third-order valence-electron chi connectivity index (χ3n) is 6.43. The van der Waals surface area contributed by atoms with Crippen LogP contribution in [0.25, 0.3) is 0 Å². The molecule has 0 spiro atoms. The van der Waals surface area contributed by atoms with Crippen LogP contribution in [-0.2, 0) is 14.3 Å². The number of carbonyl (C=O) groups is 3. The van der Waals surface area contributed by atoms with Gasteiger partial charge >= 0.3 is 6.18 Å². The van der Waals surface area contributed by atoms with E-state index in [1.807, 2.05) is 6.92 Å². The molecule has 36 heavy (non-hydrogen) atoms. The number of ketones is 2. The summed E-state index contributed by atoms with van der Waals surface area (Å²) in [5.41, 5.74) is -0.842. The zero-order valence-corrected chi connectivity index (χ0v) is 19.8. The fourth-order valence-electron chi connectivity index (χ4n) is 4.39. The number of hydrogen-bond acceptors (Lipinski definition) is 8. The third-order valence-corrected chi connectivity index (χ3v) is 6.43. The van der Waals surface area contributed by atoms with Crippen LogP contribution in [0.2, 0.25) is 0 Å². The summed E-state index contributed by atoms with van der Waals surface area (Å²) in [6.45, 7) is 3.06. The van der Waals surface area contributed by atoms with Crippen molar-refractivity contribution in [1.29, 1.82) is 0 Å². The molecule has 9 nitrogen and oxygen atoms in total. The normalized spacial score (nSPS) is 21.9. The van der Waals surface area contributed by atoms with Crippen molar-refractivity contribution in [3.05, 3.63) is 47.4 Å². The number of rotatable bonds is 8. The molecule has 0 bridgehead atoms. The second kappa shape index (κ2) is 9.25. The highest BCUT2D eigenvalue weighted by Crippen LogP contribution is 2.42. The summed E-state index contributed by atoms with van der Waals surface area (Å²) in [4.78, 5) is 37.9. The number of aromatic hydroxyl groups is 1. The standard InChI is InChI=1S/C24H26F3N3O6/c1-12-7-8-15(36-12)21(23(2)10-35-11-23)29-17-16(19(32)20(17)33)28-14-6-4-5-13(18(14)31)22(34)30(3)9-24(25,26)27/h4-8,16-17,21,28-29,31H,9-11H2,1-3H3/t16?,17?,21-/m0/s1.